The summed E-state index contributed by atoms with van der Waals surface area (Å²) in [4.78, 5) is 11.6. The average Bonchev–Trinajstić information content (AvgIpc) is 2.31. The van der Waals surface area contributed by atoms with Gasteiger partial charge in [-0.05, 0) is 26.3 Å². The zero-order valence-electron chi connectivity index (χ0n) is 10.7. The highest BCUT2D eigenvalue weighted by molar-refractivity contribution is 5.48. The molecule has 0 radical (unpaired) electrons. The molecule has 0 atom stereocenters. The minimum absolute atomic E-state index is 0.0788. The van der Waals surface area contributed by atoms with Crippen LogP contribution in [0.3, 0.4) is 0 Å². The van der Waals surface area contributed by atoms with Gasteiger partial charge in [0.25, 0.3) is 5.95 Å². The van der Waals surface area contributed by atoms with Gasteiger partial charge in [-0.2, -0.15) is 0 Å². The van der Waals surface area contributed by atoms with Crippen LogP contribution in [0.25, 0.3) is 6.08 Å². The zero-order valence-corrected chi connectivity index (χ0v) is 10.7. The Morgan fingerprint density at radius 1 is 1.53 bits per heavy atom. The molecule has 1 rings (SSSR count). The third-order valence-electron chi connectivity index (χ3n) is 2.38. The van der Waals surface area contributed by atoms with Gasteiger partial charge in [0, 0.05) is 6.07 Å². The summed E-state index contributed by atoms with van der Waals surface area (Å²) in [6.07, 6.45) is 6.76. The highest BCUT2D eigenvalue weighted by atomic mass is 16.6. The van der Waals surface area contributed by atoms with Crippen LogP contribution in [0, 0.1) is 6.92 Å². The Hall–Kier alpha value is -1.77. The second-order valence-electron chi connectivity index (χ2n) is 3.82. The maximum absolute atomic E-state index is 11.6. The van der Waals surface area contributed by atoms with Gasteiger partial charge in [0.05, 0.1) is 12.7 Å². The number of methoxy groups -OCH3 is 1. The lowest BCUT2D eigenvalue weighted by Crippen LogP contribution is -2.05. The van der Waals surface area contributed by atoms with Gasteiger partial charge in [-0.1, -0.05) is 24.6 Å². The number of ether oxygens (including phenoxy) is 1. The van der Waals surface area contributed by atoms with Crippen LogP contribution in [-0.4, -0.2) is 7.11 Å². The summed E-state index contributed by atoms with van der Waals surface area (Å²) in [5.74, 6) is 0.774. The highest BCUT2D eigenvalue weighted by Gasteiger charge is 2.06. The van der Waals surface area contributed by atoms with Crippen LogP contribution >= 0.6 is 0 Å². The van der Waals surface area contributed by atoms with Crippen molar-refractivity contribution in [2.24, 2.45) is 0 Å². The summed E-state index contributed by atoms with van der Waals surface area (Å²) < 4.78 is 10.4. The molecule has 3 heteroatoms. The molecule has 1 aromatic rings. The van der Waals surface area contributed by atoms with Crippen molar-refractivity contribution in [3.8, 4) is 5.95 Å². The van der Waals surface area contributed by atoms with Crippen LogP contribution < -0.4 is 10.2 Å². The third-order valence-corrected chi connectivity index (χ3v) is 2.38. The van der Waals surface area contributed by atoms with E-state index in [-0.39, 0.29) is 11.4 Å². The quantitative estimate of drug-likeness (QED) is 0.750. The maximum Gasteiger partial charge on any atom is 0.291 e. The van der Waals surface area contributed by atoms with Gasteiger partial charge in [-0.25, -0.2) is 0 Å². The fourth-order valence-corrected chi connectivity index (χ4v) is 1.43. The molecule has 0 N–H and O–H groups in total. The van der Waals surface area contributed by atoms with E-state index in [1.165, 1.54) is 13.2 Å². The van der Waals surface area contributed by atoms with Crippen molar-refractivity contribution in [3.63, 3.8) is 0 Å². The van der Waals surface area contributed by atoms with Gasteiger partial charge < -0.3 is 9.15 Å². The van der Waals surface area contributed by atoms with E-state index >= 15 is 0 Å². The summed E-state index contributed by atoms with van der Waals surface area (Å²) in [5, 5.41) is 0. The molecule has 0 saturated heterocycles. The van der Waals surface area contributed by atoms with Crippen molar-refractivity contribution in [2.75, 3.05) is 7.11 Å². The van der Waals surface area contributed by atoms with E-state index < -0.39 is 0 Å². The SMILES string of the molecule is CC/C=C(C)/C=C/c1cc(=O)c(C)c(OC)o1. The Labute approximate surface area is 101 Å². The number of allylic oxidation sites excluding steroid dienone is 3. The molecule has 0 saturated carbocycles. The van der Waals surface area contributed by atoms with E-state index in [0.29, 0.717) is 11.3 Å². The molecule has 1 heterocycles. The first-order valence-corrected chi connectivity index (χ1v) is 5.62. The molecule has 0 amide bonds. The van der Waals surface area contributed by atoms with Gasteiger partial charge in [-0.15, -0.1) is 0 Å². The smallest absolute Gasteiger partial charge is 0.291 e. The van der Waals surface area contributed by atoms with E-state index in [1.807, 2.05) is 13.0 Å². The molecular weight excluding hydrogens is 216 g/mol. The van der Waals surface area contributed by atoms with E-state index in [2.05, 4.69) is 13.0 Å². The molecule has 92 valence electrons. The monoisotopic (exact) mass is 234 g/mol. The highest BCUT2D eigenvalue weighted by Crippen LogP contribution is 2.16. The van der Waals surface area contributed by atoms with E-state index in [4.69, 9.17) is 9.15 Å². The minimum atomic E-state index is -0.0788. The Kier molecular flexibility index (Phi) is 4.76. The molecule has 0 unspecified atom stereocenters. The van der Waals surface area contributed by atoms with Crippen LogP contribution in [0.4, 0.5) is 0 Å². The summed E-state index contributed by atoms with van der Waals surface area (Å²) in [6, 6.07) is 1.47. The van der Waals surface area contributed by atoms with Crippen molar-refractivity contribution in [1.29, 1.82) is 0 Å². The van der Waals surface area contributed by atoms with Gasteiger partial charge in [-0.3, -0.25) is 4.79 Å². The van der Waals surface area contributed by atoms with Crippen molar-refractivity contribution >= 4 is 6.08 Å². The lowest BCUT2D eigenvalue weighted by atomic mass is 10.2. The van der Waals surface area contributed by atoms with E-state index in [9.17, 15) is 4.79 Å². The third kappa shape index (κ3) is 3.63. The molecule has 0 bridgehead atoms. The van der Waals surface area contributed by atoms with E-state index in [0.717, 1.165) is 12.0 Å². The molecule has 1 aromatic heterocycles. The van der Waals surface area contributed by atoms with Crippen LogP contribution in [-0.2, 0) is 0 Å². The van der Waals surface area contributed by atoms with Gasteiger partial charge in [0.1, 0.15) is 5.76 Å². The van der Waals surface area contributed by atoms with Crippen molar-refractivity contribution in [1.82, 2.24) is 0 Å². The van der Waals surface area contributed by atoms with Crippen molar-refractivity contribution in [2.45, 2.75) is 27.2 Å². The molecule has 17 heavy (non-hydrogen) atoms. The molecule has 3 nitrogen and oxygen atoms in total. The standard InChI is InChI=1S/C14H18O3/c1-5-6-10(2)7-8-12-9-13(15)11(3)14(16-4)17-12/h6-9H,5H2,1-4H3/b8-7+,10-6+. The molecule has 0 aliphatic rings. The summed E-state index contributed by atoms with van der Waals surface area (Å²) in [6.45, 7) is 5.76. The Balaban J connectivity index is 3.05. The fraction of sp³-hybridized carbons (Fsp3) is 0.357. The van der Waals surface area contributed by atoms with Crippen LogP contribution in [0.5, 0.6) is 5.95 Å². The molecule has 0 spiro atoms. The molecule has 0 aromatic carbocycles. The number of hydrogen-bond acceptors (Lipinski definition) is 3. The van der Waals surface area contributed by atoms with E-state index in [1.54, 1.807) is 13.0 Å². The lowest BCUT2D eigenvalue weighted by Gasteiger charge is -2.02. The van der Waals surface area contributed by atoms with Gasteiger partial charge in [0.15, 0.2) is 5.43 Å². The summed E-state index contributed by atoms with van der Waals surface area (Å²) in [5.41, 5.74) is 1.55. The van der Waals surface area contributed by atoms with Crippen LogP contribution in [0.15, 0.2) is 33.0 Å². The zero-order chi connectivity index (χ0) is 12.8. The molecule has 0 aliphatic carbocycles. The summed E-state index contributed by atoms with van der Waals surface area (Å²) in [7, 11) is 1.49. The first-order chi connectivity index (χ1) is 8.08. The topological polar surface area (TPSA) is 39.4 Å². The minimum Gasteiger partial charge on any atom is -0.468 e. The fourth-order valence-electron chi connectivity index (χ4n) is 1.43. The van der Waals surface area contributed by atoms with Crippen LogP contribution in [0.1, 0.15) is 31.6 Å². The second-order valence-corrected chi connectivity index (χ2v) is 3.82. The molecule has 0 aliphatic heterocycles. The second kappa shape index (κ2) is 6.09. The number of rotatable bonds is 4. The largest absolute Gasteiger partial charge is 0.468 e. The number of hydrogen-bond donors (Lipinski definition) is 0. The Morgan fingerprint density at radius 3 is 2.82 bits per heavy atom. The predicted octanol–water partition coefficient (Wildman–Crippen LogP) is 3.33. The normalized spacial score (nSPS) is 12.1. The molecular formula is C14H18O3. The van der Waals surface area contributed by atoms with Gasteiger partial charge >= 0.3 is 0 Å². The first kappa shape index (κ1) is 13.3. The summed E-state index contributed by atoms with van der Waals surface area (Å²) >= 11 is 0. The first-order valence-electron chi connectivity index (χ1n) is 5.62. The Bertz CT molecular complexity index is 493. The van der Waals surface area contributed by atoms with Crippen molar-refractivity contribution < 1.29 is 9.15 Å². The lowest BCUT2D eigenvalue weighted by molar-refractivity contribution is 0.290. The maximum atomic E-state index is 11.6. The van der Waals surface area contributed by atoms with Gasteiger partial charge in [0.2, 0.25) is 0 Å². The average molecular weight is 234 g/mol. The van der Waals surface area contributed by atoms with Crippen LogP contribution in [0.2, 0.25) is 0 Å². The molecule has 0 fully saturated rings. The predicted molar refractivity (Wildman–Crippen MR) is 69.3 cm³/mol. The Morgan fingerprint density at radius 2 is 2.24 bits per heavy atom. The van der Waals surface area contributed by atoms with Crippen molar-refractivity contribution in [3.05, 3.63) is 45.3 Å².